The number of fused-ring (bicyclic) bond motifs is 1. The molecule has 1 saturated heterocycles. The topological polar surface area (TPSA) is 116 Å². The highest BCUT2D eigenvalue weighted by Gasteiger charge is 2.50. The van der Waals surface area contributed by atoms with E-state index in [1.165, 1.54) is 52.5 Å². The molecule has 28 heavy (non-hydrogen) atoms. The third-order valence-electron chi connectivity index (χ3n) is 4.23. The van der Waals surface area contributed by atoms with Crippen molar-refractivity contribution in [2.75, 3.05) is 0 Å². The second kappa shape index (κ2) is 7.17. The van der Waals surface area contributed by atoms with Crippen LogP contribution in [-0.2, 0) is 20.9 Å². The van der Waals surface area contributed by atoms with Crippen LogP contribution in [0.1, 0.15) is 16.1 Å². The molecule has 9 nitrogen and oxygen atoms in total. The fourth-order valence-corrected chi connectivity index (χ4v) is 4.43. The number of non-ortho nitro benzene ring substituents is 1. The summed E-state index contributed by atoms with van der Waals surface area (Å²) >= 11 is 2.57. The predicted octanol–water partition coefficient (Wildman–Crippen LogP) is 2.64. The van der Waals surface area contributed by atoms with Crippen molar-refractivity contribution in [1.29, 1.82) is 0 Å². The number of benzene rings is 1. The average Bonchev–Trinajstić information content (AvgIpc) is 3.28. The minimum absolute atomic E-state index is 0.0373. The minimum Gasteiger partial charge on any atom is -0.456 e. The third-order valence-corrected chi connectivity index (χ3v) is 6.09. The smallest absolute Gasteiger partial charge is 0.355 e. The number of thioether (sulfide) groups is 1. The van der Waals surface area contributed by atoms with Gasteiger partial charge in [0.05, 0.1) is 21.1 Å². The molecule has 2 aliphatic rings. The Balaban J connectivity index is 1.39. The Morgan fingerprint density at radius 1 is 1.39 bits per heavy atom. The molecule has 1 amide bonds. The number of nitro groups is 1. The van der Waals surface area contributed by atoms with E-state index in [0.717, 1.165) is 10.6 Å². The van der Waals surface area contributed by atoms with Gasteiger partial charge >= 0.3 is 5.97 Å². The molecule has 2 aromatic rings. The van der Waals surface area contributed by atoms with Crippen molar-refractivity contribution in [3.8, 4) is 0 Å². The lowest BCUT2D eigenvalue weighted by molar-refractivity contribution is -0.384. The Bertz CT molecular complexity index is 1040. The van der Waals surface area contributed by atoms with Crippen molar-refractivity contribution < 1.29 is 19.2 Å². The number of ether oxygens (including phenoxy) is 1. The van der Waals surface area contributed by atoms with Crippen LogP contribution in [-0.4, -0.2) is 36.7 Å². The molecule has 0 aliphatic carbocycles. The molecule has 2 aliphatic heterocycles. The SMILES string of the molecule is Cc1nnsc1C=C1C(=O)N2C(C(=O)OCc3ccc([N+](=O)[O-])cc3)=CS[C@@H]12. The second-order valence-electron chi connectivity index (χ2n) is 5.99. The fraction of sp³-hybridized carbons (Fsp3) is 0.176. The van der Waals surface area contributed by atoms with Crippen LogP contribution in [0.5, 0.6) is 0 Å². The molecule has 0 N–H and O–H groups in total. The molecule has 142 valence electrons. The number of β-lactam (4-membered cyclic amide) rings is 1. The van der Waals surface area contributed by atoms with Crippen LogP contribution in [0.2, 0.25) is 0 Å². The van der Waals surface area contributed by atoms with Crippen LogP contribution in [0.15, 0.2) is 40.9 Å². The number of nitro benzene ring substituents is 1. The van der Waals surface area contributed by atoms with Gasteiger partial charge in [0, 0.05) is 17.5 Å². The van der Waals surface area contributed by atoms with Crippen LogP contribution in [0.4, 0.5) is 5.69 Å². The number of carbonyl (C=O) groups excluding carboxylic acids is 2. The largest absolute Gasteiger partial charge is 0.456 e. The highest BCUT2D eigenvalue weighted by Crippen LogP contribution is 2.45. The molecule has 1 atom stereocenters. The van der Waals surface area contributed by atoms with Crippen LogP contribution >= 0.6 is 23.3 Å². The van der Waals surface area contributed by atoms with Gasteiger partial charge in [0.15, 0.2) is 0 Å². The van der Waals surface area contributed by atoms with Gasteiger partial charge in [-0.05, 0) is 42.2 Å². The Hall–Kier alpha value is -3.05. The molecule has 0 bridgehead atoms. The average molecular weight is 416 g/mol. The zero-order valence-electron chi connectivity index (χ0n) is 14.4. The molecule has 0 unspecified atom stereocenters. The van der Waals surface area contributed by atoms with Gasteiger partial charge < -0.3 is 4.74 Å². The first-order chi connectivity index (χ1) is 13.5. The van der Waals surface area contributed by atoms with E-state index in [9.17, 15) is 19.7 Å². The molecule has 0 spiro atoms. The number of amides is 1. The predicted molar refractivity (Wildman–Crippen MR) is 102 cm³/mol. The van der Waals surface area contributed by atoms with Gasteiger partial charge in [0.2, 0.25) is 0 Å². The van der Waals surface area contributed by atoms with Crippen LogP contribution in [0, 0.1) is 17.0 Å². The van der Waals surface area contributed by atoms with Crippen molar-refractivity contribution in [3.63, 3.8) is 0 Å². The van der Waals surface area contributed by atoms with E-state index in [0.29, 0.717) is 11.1 Å². The summed E-state index contributed by atoms with van der Waals surface area (Å²) in [5, 5.41) is 15.9. The van der Waals surface area contributed by atoms with E-state index >= 15 is 0 Å². The number of rotatable bonds is 5. The number of aryl methyl sites for hydroxylation is 1. The Morgan fingerprint density at radius 2 is 2.14 bits per heavy atom. The third kappa shape index (κ3) is 3.18. The van der Waals surface area contributed by atoms with Crippen molar-refractivity contribution in [2.24, 2.45) is 0 Å². The first kappa shape index (κ1) is 18.3. The van der Waals surface area contributed by atoms with Crippen LogP contribution in [0.25, 0.3) is 6.08 Å². The summed E-state index contributed by atoms with van der Waals surface area (Å²) in [6.07, 6.45) is 1.76. The number of esters is 1. The molecule has 3 heterocycles. The van der Waals surface area contributed by atoms with Gasteiger partial charge in [-0.3, -0.25) is 19.8 Å². The molecule has 11 heteroatoms. The maximum atomic E-state index is 12.5. The van der Waals surface area contributed by atoms with Crippen LogP contribution < -0.4 is 0 Å². The molecule has 1 aromatic carbocycles. The minimum atomic E-state index is -0.614. The summed E-state index contributed by atoms with van der Waals surface area (Å²) in [6, 6.07) is 5.73. The lowest BCUT2D eigenvalue weighted by Crippen LogP contribution is -2.51. The van der Waals surface area contributed by atoms with Crippen molar-refractivity contribution in [3.05, 3.63) is 67.2 Å². The number of nitrogens with zero attached hydrogens (tertiary/aromatic N) is 4. The van der Waals surface area contributed by atoms with Gasteiger partial charge in [0.1, 0.15) is 17.7 Å². The van der Waals surface area contributed by atoms with E-state index in [1.54, 1.807) is 11.5 Å². The number of hydrogen-bond acceptors (Lipinski definition) is 9. The highest BCUT2D eigenvalue weighted by atomic mass is 32.2. The van der Waals surface area contributed by atoms with Gasteiger partial charge in [-0.15, -0.1) is 16.9 Å². The molecule has 4 rings (SSSR count). The van der Waals surface area contributed by atoms with E-state index in [-0.39, 0.29) is 29.3 Å². The molecule has 0 saturated carbocycles. The van der Waals surface area contributed by atoms with E-state index < -0.39 is 10.9 Å². The highest BCUT2D eigenvalue weighted by molar-refractivity contribution is 8.03. The number of carbonyl (C=O) groups is 2. The zero-order valence-corrected chi connectivity index (χ0v) is 16.0. The zero-order chi connectivity index (χ0) is 19.8. The summed E-state index contributed by atoms with van der Waals surface area (Å²) in [4.78, 5) is 37.2. The number of aromatic nitrogens is 2. The first-order valence-corrected chi connectivity index (χ1v) is 9.77. The molecular weight excluding hydrogens is 404 g/mol. The van der Waals surface area contributed by atoms with Crippen LogP contribution in [0.3, 0.4) is 0 Å². The van der Waals surface area contributed by atoms with Gasteiger partial charge in [0.25, 0.3) is 11.6 Å². The van der Waals surface area contributed by atoms with Crippen molar-refractivity contribution in [2.45, 2.75) is 18.9 Å². The van der Waals surface area contributed by atoms with E-state index in [4.69, 9.17) is 4.74 Å². The lowest BCUT2D eigenvalue weighted by atomic mass is 10.0. The Labute approximate surface area is 167 Å². The fourth-order valence-electron chi connectivity index (χ4n) is 2.71. The van der Waals surface area contributed by atoms with Gasteiger partial charge in [-0.25, -0.2) is 4.79 Å². The van der Waals surface area contributed by atoms with Gasteiger partial charge in [-0.1, -0.05) is 4.49 Å². The summed E-state index contributed by atoms with van der Waals surface area (Å²) in [5.41, 5.74) is 2.12. The summed E-state index contributed by atoms with van der Waals surface area (Å²) in [7, 11) is 0. The lowest BCUT2D eigenvalue weighted by Gasteiger charge is -2.37. The normalized spacial score (nSPS) is 19.2. The number of hydrogen-bond donors (Lipinski definition) is 0. The Kier molecular flexibility index (Phi) is 4.69. The van der Waals surface area contributed by atoms with E-state index in [2.05, 4.69) is 9.59 Å². The second-order valence-corrected chi connectivity index (χ2v) is 7.73. The summed E-state index contributed by atoms with van der Waals surface area (Å²) in [5.74, 6) is -0.863. The standard InChI is InChI=1S/C17H12N4O5S2/c1-9-14(28-19-18-9)6-12-15(22)20-13(8-27-16(12)20)17(23)26-7-10-2-4-11(5-3-10)21(24)25/h2-6,8,16H,7H2,1H3/t16-/m0/s1. The van der Waals surface area contributed by atoms with Gasteiger partial charge in [-0.2, -0.15) is 0 Å². The molecule has 1 aromatic heterocycles. The van der Waals surface area contributed by atoms with Crippen molar-refractivity contribution >= 4 is 46.9 Å². The van der Waals surface area contributed by atoms with Crippen molar-refractivity contribution in [1.82, 2.24) is 14.5 Å². The monoisotopic (exact) mass is 416 g/mol. The first-order valence-electron chi connectivity index (χ1n) is 8.06. The van der Waals surface area contributed by atoms with E-state index in [1.807, 2.05) is 6.92 Å². The molecule has 1 fully saturated rings. The molecule has 0 radical (unpaired) electrons. The summed E-state index contributed by atoms with van der Waals surface area (Å²) in [6.45, 7) is 1.78. The summed E-state index contributed by atoms with van der Waals surface area (Å²) < 4.78 is 9.10. The maximum Gasteiger partial charge on any atom is 0.355 e. The Morgan fingerprint density at radius 3 is 2.79 bits per heavy atom. The quantitative estimate of drug-likeness (QED) is 0.240. The maximum absolute atomic E-state index is 12.5. The molecular formula is C17H12N4O5S2.